The van der Waals surface area contributed by atoms with E-state index < -0.39 is 66.6 Å². The van der Waals surface area contributed by atoms with Crippen LogP contribution in [0, 0.1) is 0 Å². The van der Waals surface area contributed by atoms with Crippen molar-refractivity contribution in [2.24, 2.45) is 17.2 Å². The van der Waals surface area contributed by atoms with Gasteiger partial charge in [0.25, 0.3) is 0 Å². The highest BCUT2D eigenvalue weighted by Gasteiger charge is 2.49. The summed E-state index contributed by atoms with van der Waals surface area (Å²) in [5, 5.41) is 46.5. The fourth-order valence-electron chi connectivity index (χ4n) is 5.99. The van der Waals surface area contributed by atoms with E-state index in [-0.39, 0.29) is 13.0 Å². The Morgan fingerprint density at radius 1 is 0.683 bits per heavy atom. The summed E-state index contributed by atoms with van der Waals surface area (Å²) in [4.78, 5) is 0. The maximum atomic E-state index is 11.0. The third kappa shape index (κ3) is 5.81. The van der Waals surface area contributed by atoms with Crippen LogP contribution in [0.3, 0.4) is 0 Å². The van der Waals surface area contributed by atoms with Crippen LogP contribution in [0.25, 0.3) is 0 Å². The quantitative estimate of drug-likeness (QED) is 0.166. The Hall–Kier alpha value is -2.74. The van der Waals surface area contributed by atoms with Gasteiger partial charge in [-0.2, -0.15) is 0 Å². The Morgan fingerprint density at radius 3 is 1.66 bits per heavy atom. The number of nitrogens with two attached hydrogens (primary N) is 3. The second-order valence-corrected chi connectivity index (χ2v) is 11.0. The van der Waals surface area contributed by atoms with E-state index in [1.165, 1.54) is 0 Å². The van der Waals surface area contributed by atoms with Crippen LogP contribution < -0.4 is 22.5 Å². The molecule has 2 fully saturated rings. The standard InChI is InChI=1S/C31H40N4O6/c32-21-16-22(33)29(28(39)25(21)36)41-30-24(34)27(38)26(37)23(40-30)17-35-31(18-10-4-1-5-11-18,19-12-6-2-7-13-19)20-14-8-3-9-15-20/h1-15,21-30,35-39H,16-17,32-34H2/t21-,22+,23-,24-,25+,26-,27-,28-,29-,30-/m1/s1. The Kier molecular flexibility index (Phi) is 9.17. The van der Waals surface area contributed by atoms with Crippen molar-refractivity contribution >= 4 is 0 Å². The summed E-state index contributed by atoms with van der Waals surface area (Å²) in [7, 11) is 0. The molecule has 1 saturated heterocycles. The molecule has 1 heterocycles. The highest BCUT2D eigenvalue weighted by Crippen LogP contribution is 2.37. The minimum atomic E-state index is -1.38. The smallest absolute Gasteiger partial charge is 0.176 e. The van der Waals surface area contributed by atoms with Gasteiger partial charge in [0.05, 0.1) is 17.7 Å². The first-order chi connectivity index (χ1) is 19.7. The van der Waals surface area contributed by atoms with Crippen LogP contribution in [0.15, 0.2) is 91.0 Å². The fraction of sp³-hybridized carbons (Fsp3) is 0.419. The Morgan fingerprint density at radius 2 is 1.17 bits per heavy atom. The first-order valence-corrected chi connectivity index (χ1v) is 14.0. The van der Waals surface area contributed by atoms with Crippen LogP contribution in [-0.4, -0.2) is 88.0 Å². The van der Waals surface area contributed by atoms with E-state index in [1.807, 2.05) is 91.0 Å². The van der Waals surface area contributed by atoms with Crippen molar-refractivity contribution in [1.29, 1.82) is 0 Å². The molecule has 10 heteroatoms. The van der Waals surface area contributed by atoms with Gasteiger partial charge in [-0.25, -0.2) is 0 Å². The Balaban J connectivity index is 1.45. The zero-order valence-corrected chi connectivity index (χ0v) is 22.7. The van der Waals surface area contributed by atoms with Crippen LogP contribution in [0.2, 0.25) is 0 Å². The molecule has 11 N–H and O–H groups in total. The van der Waals surface area contributed by atoms with Crippen molar-refractivity contribution in [2.75, 3.05) is 6.54 Å². The monoisotopic (exact) mass is 564 g/mol. The van der Waals surface area contributed by atoms with Crippen molar-refractivity contribution in [3.8, 4) is 0 Å². The van der Waals surface area contributed by atoms with Gasteiger partial charge in [0.1, 0.15) is 30.5 Å². The van der Waals surface area contributed by atoms with E-state index in [4.69, 9.17) is 26.7 Å². The van der Waals surface area contributed by atoms with Crippen molar-refractivity contribution < 1.29 is 29.9 Å². The first kappa shape index (κ1) is 29.7. The molecule has 3 aromatic carbocycles. The molecule has 1 saturated carbocycles. The van der Waals surface area contributed by atoms with E-state index >= 15 is 0 Å². The van der Waals surface area contributed by atoms with Crippen LogP contribution in [-0.2, 0) is 15.0 Å². The summed E-state index contributed by atoms with van der Waals surface area (Å²) in [6, 6.07) is 27.3. The van der Waals surface area contributed by atoms with Gasteiger partial charge in [0.15, 0.2) is 6.29 Å². The Labute approximate surface area is 239 Å². The number of hydrogen-bond donors (Lipinski definition) is 8. The van der Waals surface area contributed by atoms with Crippen molar-refractivity contribution in [3.63, 3.8) is 0 Å². The van der Waals surface area contributed by atoms with Crippen molar-refractivity contribution in [1.82, 2.24) is 5.32 Å². The number of hydrogen-bond acceptors (Lipinski definition) is 10. The molecule has 1 aliphatic carbocycles. The predicted molar refractivity (Wildman–Crippen MR) is 153 cm³/mol. The molecule has 41 heavy (non-hydrogen) atoms. The van der Waals surface area contributed by atoms with Gasteiger partial charge in [-0.3, -0.25) is 5.32 Å². The average molecular weight is 565 g/mol. The summed E-state index contributed by atoms with van der Waals surface area (Å²) >= 11 is 0. The van der Waals surface area contributed by atoms with Gasteiger partial charge in [-0.15, -0.1) is 0 Å². The topological polar surface area (TPSA) is 189 Å². The lowest BCUT2D eigenvalue weighted by molar-refractivity contribution is -0.289. The SMILES string of the molecule is N[C@H]1[C@@H](O[C@H]2[C@H](O)[C@@H](O)[C@H](N)C[C@@H]2N)O[C@H](CNC(c2ccccc2)(c2ccccc2)c2ccccc2)[C@@H](O)[C@@H]1O. The highest BCUT2D eigenvalue weighted by atomic mass is 16.7. The van der Waals surface area contributed by atoms with Crippen molar-refractivity contribution in [3.05, 3.63) is 108 Å². The molecule has 0 bridgehead atoms. The minimum Gasteiger partial charge on any atom is -0.389 e. The maximum Gasteiger partial charge on any atom is 0.176 e. The summed E-state index contributed by atoms with van der Waals surface area (Å²) in [6.45, 7) is 0.0935. The molecule has 10 atom stereocenters. The lowest BCUT2D eigenvalue weighted by Crippen LogP contribution is -2.68. The molecule has 0 amide bonds. The van der Waals surface area contributed by atoms with Crippen LogP contribution in [0.4, 0.5) is 0 Å². The number of aliphatic hydroxyl groups excluding tert-OH is 4. The van der Waals surface area contributed by atoms with Gasteiger partial charge < -0.3 is 47.1 Å². The van der Waals surface area contributed by atoms with E-state index in [9.17, 15) is 20.4 Å². The van der Waals surface area contributed by atoms with Gasteiger partial charge in [-0.05, 0) is 23.1 Å². The van der Waals surface area contributed by atoms with E-state index in [1.54, 1.807) is 0 Å². The zero-order chi connectivity index (χ0) is 29.1. The maximum absolute atomic E-state index is 11.0. The normalized spacial score (nSPS) is 34.3. The summed E-state index contributed by atoms with van der Waals surface area (Å²) in [6.07, 6.45) is -8.31. The average Bonchev–Trinajstić information content (AvgIpc) is 3.00. The number of ether oxygens (including phenoxy) is 2. The number of aliphatic hydroxyl groups is 4. The lowest BCUT2D eigenvalue weighted by Gasteiger charge is -2.46. The summed E-state index contributed by atoms with van der Waals surface area (Å²) in [5.74, 6) is 0. The molecule has 10 nitrogen and oxygen atoms in total. The zero-order valence-electron chi connectivity index (χ0n) is 22.7. The number of rotatable bonds is 8. The predicted octanol–water partition coefficient (Wildman–Crippen LogP) is -0.493. The molecule has 0 aromatic heterocycles. The Bertz CT molecular complexity index is 1140. The van der Waals surface area contributed by atoms with E-state index in [2.05, 4.69) is 5.32 Å². The molecule has 2 aliphatic rings. The molecule has 1 aliphatic heterocycles. The van der Waals surface area contributed by atoms with Gasteiger partial charge in [0.2, 0.25) is 0 Å². The van der Waals surface area contributed by atoms with E-state index in [0.717, 1.165) is 16.7 Å². The second kappa shape index (κ2) is 12.6. The van der Waals surface area contributed by atoms with E-state index in [0.29, 0.717) is 0 Å². The summed E-state index contributed by atoms with van der Waals surface area (Å²) in [5.41, 5.74) is 20.4. The molecular weight excluding hydrogens is 524 g/mol. The van der Waals surface area contributed by atoms with Crippen LogP contribution in [0.1, 0.15) is 23.1 Å². The molecule has 3 aromatic rings. The van der Waals surface area contributed by atoms with Gasteiger partial charge in [0, 0.05) is 18.6 Å². The van der Waals surface area contributed by atoms with Crippen LogP contribution >= 0.6 is 0 Å². The minimum absolute atomic E-state index is 0.0935. The number of benzene rings is 3. The first-order valence-electron chi connectivity index (χ1n) is 14.0. The molecule has 0 spiro atoms. The lowest BCUT2D eigenvalue weighted by atomic mass is 9.76. The molecular formula is C31H40N4O6. The molecule has 5 rings (SSSR count). The summed E-state index contributed by atoms with van der Waals surface area (Å²) < 4.78 is 12.1. The largest absolute Gasteiger partial charge is 0.389 e. The van der Waals surface area contributed by atoms with Gasteiger partial charge in [-0.1, -0.05) is 91.0 Å². The molecule has 0 unspecified atom stereocenters. The second-order valence-electron chi connectivity index (χ2n) is 11.0. The molecule has 0 radical (unpaired) electrons. The van der Waals surface area contributed by atoms with Gasteiger partial charge >= 0.3 is 0 Å². The fourth-order valence-corrected chi connectivity index (χ4v) is 5.99. The third-order valence-electron chi connectivity index (χ3n) is 8.32. The third-order valence-corrected chi connectivity index (χ3v) is 8.32. The molecule has 220 valence electrons. The van der Waals surface area contributed by atoms with Crippen LogP contribution in [0.5, 0.6) is 0 Å². The number of nitrogens with one attached hydrogen (secondary N) is 1. The van der Waals surface area contributed by atoms with Crippen molar-refractivity contribution in [2.45, 2.75) is 73.0 Å². The highest BCUT2D eigenvalue weighted by molar-refractivity contribution is 5.49.